The van der Waals surface area contributed by atoms with Gasteiger partial charge in [0.05, 0.1) is 6.42 Å². The Morgan fingerprint density at radius 1 is 1.60 bits per heavy atom. The molecule has 2 N–H and O–H groups in total. The Balaban J connectivity index is 3.68. The fourth-order valence-corrected chi connectivity index (χ4v) is 0.442. The van der Waals surface area contributed by atoms with E-state index < -0.39 is 5.97 Å². The zero-order chi connectivity index (χ0) is 8.15. The van der Waals surface area contributed by atoms with Crippen molar-refractivity contribution in [1.29, 1.82) is 0 Å². The molecule has 0 saturated carbocycles. The van der Waals surface area contributed by atoms with Crippen molar-refractivity contribution < 1.29 is 14.4 Å². The number of ketones is 1. The van der Waals surface area contributed by atoms with Gasteiger partial charge in [0.15, 0.2) is 0 Å². The van der Waals surface area contributed by atoms with E-state index in [1.165, 1.54) is 6.92 Å². The van der Waals surface area contributed by atoms with E-state index in [0.29, 0.717) is 0 Å². The van der Waals surface area contributed by atoms with Crippen LogP contribution in [0.1, 0.15) is 20.3 Å². The van der Waals surface area contributed by atoms with E-state index in [1.54, 1.807) is 6.92 Å². The molecule has 0 bridgehead atoms. The second-order valence-corrected chi connectivity index (χ2v) is 2.21. The highest BCUT2D eigenvalue weighted by Gasteiger charge is 2.12. The average Bonchev–Trinajstić information content (AvgIpc) is 1.87. The van der Waals surface area contributed by atoms with Crippen molar-refractivity contribution in [1.82, 2.24) is 0 Å². The Bertz CT molecular complexity index is 144. The molecular formula is C6H11NO3. The van der Waals surface area contributed by atoms with Gasteiger partial charge in [0.25, 0.3) is 0 Å². The van der Waals surface area contributed by atoms with Crippen LogP contribution in [-0.2, 0) is 14.4 Å². The van der Waals surface area contributed by atoms with Gasteiger partial charge in [-0.05, 0) is 6.92 Å². The predicted molar refractivity (Wildman–Crippen MR) is 34.7 cm³/mol. The molecule has 0 rings (SSSR count). The topological polar surface area (TPSA) is 69.4 Å². The molecule has 4 heteroatoms. The lowest BCUT2D eigenvalue weighted by molar-refractivity contribution is -0.146. The summed E-state index contributed by atoms with van der Waals surface area (Å²) in [5.41, 5.74) is 0. The number of hydrogen-bond donors (Lipinski definition) is 1. The van der Waals surface area contributed by atoms with E-state index >= 15 is 0 Å². The summed E-state index contributed by atoms with van der Waals surface area (Å²) in [7, 11) is 0. The zero-order valence-corrected chi connectivity index (χ0v) is 6.09. The second kappa shape index (κ2) is 4.00. The Morgan fingerprint density at radius 3 is 2.40 bits per heavy atom. The van der Waals surface area contributed by atoms with E-state index in [4.69, 9.17) is 0 Å². The van der Waals surface area contributed by atoms with Gasteiger partial charge in [-0.1, -0.05) is 6.92 Å². The van der Waals surface area contributed by atoms with Crippen molar-refractivity contribution >= 4 is 11.8 Å². The number of carbonyl (C=O) groups is 2. The van der Waals surface area contributed by atoms with Crippen LogP contribution < -0.4 is 5.90 Å². The van der Waals surface area contributed by atoms with Crippen molar-refractivity contribution in [3.05, 3.63) is 0 Å². The average molecular weight is 145 g/mol. The normalized spacial score (nSPS) is 12.3. The summed E-state index contributed by atoms with van der Waals surface area (Å²) in [5, 5.41) is 0. The van der Waals surface area contributed by atoms with E-state index in [1.807, 2.05) is 0 Å². The summed E-state index contributed by atoms with van der Waals surface area (Å²) in [6, 6.07) is 0. The van der Waals surface area contributed by atoms with Crippen molar-refractivity contribution in [3.63, 3.8) is 0 Å². The lowest BCUT2D eigenvalue weighted by Crippen LogP contribution is -2.17. The molecule has 58 valence electrons. The summed E-state index contributed by atoms with van der Waals surface area (Å²) in [4.78, 5) is 24.9. The van der Waals surface area contributed by atoms with Gasteiger partial charge in [-0.2, -0.15) is 5.90 Å². The number of rotatable bonds is 3. The van der Waals surface area contributed by atoms with Crippen molar-refractivity contribution in [2.45, 2.75) is 20.3 Å². The molecule has 0 aliphatic rings. The SMILES string of the molecule is CC(=O)C(C)CC(=O)ON. The minimum absolute atomic E-state index is 0.0367. The molecule has 0 aliphatic heterocycles. The largest absolute Gasteiger partial charge is 0.373 e. The van der Waals surface area contributed by atoms with Crippen LogP contribution in [0.25, 0.3) is 0 Å². The fourth-order valence-electron chi connectivity index (χ4n) is 0.442. The molecule has 10 heavy (non-hydrogen) atoms. The smallest absolute Gasteiger partial charge is 0.325 e. The maximum atomic E-state index is 10.5. The van der Waals surface area contributed by atoms with Gasteiger partial charge in [0.2, 0.25) is 0 Å². The van der Waals surface area contributed by atoms with Crippen LogP contribution in [0.4, 0.5) is 0 Å². The first kappa shape index (κ1) is 9.10. The van der Waals surface area contributed by atoms with Gasteiger partial charge in [-0.15, -0.1) is 0 Å². The van der Waals surface area contributed by atoms with Gasteiger partial charge in [0, 0.05) is 5.92 Å². The standard InChI is InChI=1S/C6H11NO3/c1-4(5(2)8)3-6(9)10-7/h4H,3,7H2,1-2H3. The first-order chi connectivity index (χ1) is 4.57. The highest BCUT2D eigenvalue weighted by atomic mass is 16.7. The minimum atomic E-state index is -0.553. The Labute approximate surface area is 59.3 Å². The lowest BCUT2D eigenvalue weighted by atomic mass is 10.0. The van der Waals surface area contributed by atoms with Gasteiger partial charge < -0.3 is 4.84 Å². The van der Waals surface area contributed by atoms with Crippen molar-refractivity contribution in [3.8, 4) is 0 Å². The summed E-state index contributed by atoms with van der Waals surface area (Å²) >= 11 is 0. The molecule has 0 aromatic rings. The van der Waals surface area contributed by atoms with Crippen molar-refractivity contribution in [2.24, 2.45) is 11.8 Å². The summed E-state index contributed by atoms with van der Waals surface area (Å²) in [6.45, 7) is 3.08. The summed E-state index contributed by atoms with van der Waals surface area (Å²) in [5.74, 6) is 3.67. The quantitative estimate of drug-likeness (QED) is 0.568. The van der Waals surface area contributed by atoms with Crippen LogP contribution in [0, 0.1) is 5.92 Å². The van der Waals surface area contributed by atoms with Crippen LogP contribution in [0.15, 0.2) is 0 Å². The second-order valence-electron chi connectivity index (χ2n) is 2.21. The molecule has 4 nitrogen and oxygen atoms in total. The highest BCUT2D eigenvalue weighted by molar-refractivity contribution is 5.82. The van der Waals surface area contributed by atoms with Crippen LogP contribution in [0.2, 0.25) is 0 Å². The monoisotopic (exact) mass is 145 g/mol. The van der Waals surface area contributed by atoms with Gasteiger partial charge in [-0.3, -0.25) is 9.59 Å². The molecule has 0 aliphatic carbocycles. The molecule has 0 radical (unpaired) electrons. The first-order valence-corrected chi connectivity index (χ1v) is 2.98. The third-order valence-electron chi connectivity index (χ3n) is 1.30. The highest BCUT2D eigenvalue weighted by Crippen LogP contribution is 2.02. The first-order valence-electron chi connectivity index (χ1n) is 2.98. The van der Waals surface area contributed by atoms with Crippen molar-refractivity contribution in [2.75, 3.05) is 0 Å². The fraction of sp³-hybridized carbons (Fsp3) is 0.667. The van der Waals surface area contributed by atoms with Crippen LogP contribution in [0.3, 0.4) is 0 Å². The molecule has 0 saturated heterocycles. The van der Waals surface area contributed by atoms with Gasteiger partial charge in [0.1, 0.15) is 5.78 Å². The number of nitrogens with two attached hydrogens (primary N) is 1. The molecule has 0 aromatic heterocycles. The van der Waals surface area contributed by atoms with E-state index in [0.717, 1.165) is 0 Å². The minimum Gasteiger partial charge on any atom is -0.373 e. The predicted octanol–water partition coefficient (Wildman–Crippen LogP) is 0.0185. The Hall–Kier alpha value is -0.900. The maximum absolute atomic E-state index is 10.5. The molecule has 0 amide bonds. The van der Waals surface area contributed by atoms with Crippen LogP contribution in [-0.4, -0.2) is 11.8 Å². The van der Waals surface area contributed by atoms with E-state index in [2.05, 4.69) is 10.7 Å². The van der Waals surface area contributed by atoms with Gasteiger partial charge in [-0.25, -0.2) is 0 Å². The third-order valence-corrected chi connectivity index (χ3v) is 1.30. The number of carbonyl (C=O) groups excluding carboxylic acids is 2. The molecule has 0 aromatic carbocycles. The molecular weight excluding hydrogens is 134 g/mol. The molecule has 1 unspecified atom stereocenters. The number of Topliss-reactive ketones (excluding diaryl/α,β-unsaturated/α-hetero) is 1. The Kier molecular flexibility index (Phi) is 3.64. The van der Waals surface area contributed by atoms with Crippen LogP contribution in [0.5, 0.6) is 0 Å². The lowest BCUT2D eigenvalue weighted by Gasteiger charge is -2.02. The maximum Gasteiger partial charge on any atom is 0.325 e. The van der Waals surface area contributed by atoms with E-state index in [-0.39, 0.29) is 18.1 Å². The van der Waals surface area contributed by atoms with E-state index in [9.17, 15) is 9.59 Å². The number of hydrogen-bond acceptors (Lipinski definition) is 4. The molecule has 1 atom stereocenters. The summed E-state index contributed by atoms with van der Waals surface area (Å²) in [6.07, 6.45) is 0.0613. The summed E-state index contributed by atoms with van der Waals surface area (Å²) < 4.78 is 0. The van der Waals surface area contributed by atoms with Crippen LogP contribution >= 0.6 is 0 Å². The van der Waals surface area contributed by atoms with Gasteiger partial charge >= 0.3 is 5.97 Å². The molecule has 0 fully saturated rings. The molecule has 0 spiro atoms. The Morgan fingerprint density at radius 2 is 2.10 bits per heavy atom. The molecule has 0 heterocycles. The third kappa shape index (κ3) is 3.19. The zero-order valence-electron chi connectivity index (χ0n) is 6.09.